The van der Waals surface area contributed by atoms with Crippen molar-refractivity contribution >= 4 is 132 Å². The molecule has 0 aliphatic heterocycles. The highest BCUT2D eigenvalue weighted by molar-refractivity contribution is 6.20. The second kappa shape index (κ2) is 27.0. The molecule has 0 radical (unpaired) electrons. The molecule has 19 aromatic carbocycles. The molecule has 3 heterocycles. The van der Waals surface area contributed by atoms with E-state index in [0.717, 1.165) is 183 Å². The monoisotopic (exact) mass is 1440 g/mol. The highest BCUT2D eigenvalue weighted by Gasteiger charge is 2.25. The van der Waals surface area contributed by atoms with Crippen molar-refractivity contribution in [3.8, 4) is 89.0 Å². The predicted molar refractivity (Wildman–Crippen MR) is 474 cm³/mol. The van der Waals surface area contributed by atoms with Crippen LogP contribution in [-0.2, 0) is 0 Å². The van der Waals surface area contributed by atoms with Crippen molar-refractivity contribution in [2.45, 2.75) is 0 Å². The summed E-state index contributed by atoms with van der Waals surface area (Å²) in [5.74, 6) is 0. The van der Waals surface area contributed by atoms with Crippen LogP contribution in [0.1, 0.15) is 0 Å². The van der Waals surface area contributed by atoms with Gasteiger partial charge in [-0.3, -0.25) is 0 Å². The van der Waals surface area contributed by atoms with E-state index in [1.807, 2.05) is 18.2 Å². The van der Waals surface area contributed by atoms with E-state index in [4.69, 9.17) is 13.3 Å². The summed E-state index contributed by atoms with van der Waals surface area (Å²) in [5, 5.41) is 13.4. The van der Waals surface area contributed by atoms with Crippen LogP contribution in [0, 0.1) is 0 Å². The van der Waals surface area contributed by atoms with Crippen LogP contribution in [0.2, 0.25) is 0 Å². The molecule has 5 heteroatoms. The fourth-order valence-electron chi connectivity index (χ4n) is 17.5. The molecule has 0 bridgehead atoms. The fraction of sp³-hybridized carbons (Fsp3) is 0. The summed E-state index contributed by atoms with van der Waals surface area (Å²) in [4.78, 5) is 4.79. The van der Waals surface area contributed by atoms with Gasteiger partial charge in [-0.1, -0.05) is 303 Å². The van der Waals surface area contributed by atoms with Gasteiger partial charge in [0, 0.05) is 77.1 Å². The molecule has 0 spiro atoms. The first-order valence-corrected chi connectivity index (χ1v) is 38.6. The van der Waals surface area contributed by atoms with Gasteiger partial charge in [0.2, 0.25) is 0 Å². The van der Waals surface area contributed by atoms with Crippen molar-refractivity contribution < 1.29 is 13.3 Å². The Labute approximate surface area is 652 Å². The second-order valence-electron chi connectivity index (χ2n) is 29.3. The van der Waals surface area contributed by atoms with Crippen molar-refractivity contribution in [3.63, 3.8) is 0 Å². The molecule has 0 amide bonds. The van der Waals surface area contributed by atoms with Gasteiger partial charge in [-0.2, -0.15) is 0 Å². The summed E-state index contributed by atoms with van der Waals surface area (Å²) in [5.41, 5.74) is 29.7. The summed E-state index contributed by atoms with van der Waals surface area (Å²) >= 11 is 0. The van der Waals surface area contributed by atoms with E-state index < -0.39 is 0 Å². The lowest BCUT2D eigenvalue weighted by Gasteiger charge is -2.28. The zero-order valence-electron chi connectivity index (χ0n) is 61.4. The van der Waals surface area contributed by atoms with Crippen molar-refractivity contribution in [1.82, 2.24) is 0 Å². The lowest BCUT2D eigenvalue weighted by atomic mass is 9.91. The molecule has 0 aliphatic carbocycles. The summed E-state index contributed by atoms with van der Waals surface area (Å²) in [6, 6.07) is 149. The molecular weight excluding hydrogens is 1370 g/mol. The Morgan fingerprint density at radius 1 is 0.150 bits per heavy atom. The van der Waals surface area contributed by atoms with Gasteiger partial charge < -0.3 is 23.1 Å². The van der Waals surface area contributed by atoms with E-state index in [9.17, 15) is 0 Å². The van der Waals surface area contributed by atoms with Gasteiger partial charge in [0.1, 0.15) is 33.5 Å². The maximum Gasteiger partial charge on any atom is 0.143 e. The zero-order valence-corrected chi connectivity index (χ0v) is 61.4. The number of hydrogen-bond donors (Lipinski definition) is 0. The first-order valence-electron chi connectivity index (χ1n) is 38.6. The number of para-hydroxylation sites is 5. The lowest BCUT2D eigenvalue weighted by Crippen LogP contribution is -2.11. The van der Waals surface area contributed by atoms with E-state index in [-0.39, 0.29) is 0 Å². The van der Waals surface area contributed by atoms with Crippen molar-refractivity contribution in [2.24, 2.45) is 0 Å². The van der Waals surface area contributed by atoms with E-state index in [1.165, 1.54) is 38.4 Å². The molecule has 0 aliphatic rings. The summed E-state index contributed by atoms with van der Waals surface area (Å²) in [6.45, 7) is 0. The fourth-order valence-corrected chi connectivity index (χ4v) is 17.5. The van der Waals surface area contributed by atoms with Gasteiger partial charge >= 0.3 is 0 Å². The topological polar surface area (TPSA) is 45.9 Å². The molecule has 0 N–H and O–H groups in total. The highest BCUT2D eigenvalue weighted by Crippen LogP contribution is 2.50. The first kappa shape index (κ1) is 65.1. The minimum Gasteiger partial charge on any atom is -0.456 e. The quantitative estimate of drug-likeness (QED) is 0.109. The minimum absolute atomic E-state index is 0.844. The number of anilines is 6. The SMILES string of the molecule is c1ccc(-c2ccc(N(c3ccc(-c4cccc(-c5cccc6c(-c7ccc8c(c7)oc7c9cccc(-c%10ccccc%10N(c%10ccc(-c%11ccccc%11)cc%10)c%10ccc(-c%11cccc%12c%11oc%11ccccc%11%12)cc%10)c9ccc87)cccc56)c4)cc3)c3ccccc3-c3cccc4cc5oc6ccccc6c5cc34)cc2)cc1. The summed E-state index contributed by atoms with van der Waals surface area (Å²) in [7, 11) is 0. The number of fused-ring (bicyclic) bond motifs is 13. The van der Waals surface area contributed by atoms with Crippen LogP contribution in [0.25, 0.3) is 187 Å². The Bertz CT molecular complexity index is 7460. The molecule has 22 rings (SSSR count). The Kier molecular flexibility index (Phi) is 15.5. The van der Waals surface area contributed by atoms with Crippen LogP contribution in [-0.4, -0.2) is 0 Å². The first-order chi connectivity index (χ1) is 56.0. The highest BCUT2D eigenvalue weighted by atomic mass is 16.3. The van der Waals surface area contributed by atoms with Gasteiger partial charge in [0.15, 0.2) is 0 Å². The third-order valence-corrected chi connectivity index (χ3v) is 22.9. The van der Waals surface area contributed by atoms with Crippen LogP contribution >= 0.6 is 0 Å². The third-order valence-electron chi connectivity index (χ3n) is 22.9. The van der Waals surface area contributed by atoms with Crippen LogP contribution in [0.5, 0.6) is 0 Å². The minimum atomic E-state index is 0.844. The molecule has 22 aromatic rings. The standard InChI is InChI=1S/C108H68N2O3/c1-3-21-69(22-4-1)71-45-54-79(55-46-71)109(102-42-12-8-29-92(102)89-35-16-27-77-66-106-100(68-99(77)89)94-31-10-13-43-103(94)111-106)81-58-49-73(50-59-81)75-25-15-26-76(65-75)83-32-17-37-87-84(33-18-36-86(83)87)78-53-62-95-98-64-63-90-88(38-20-39-96(90)108(98)113-105(95)67-78)91-28-7-11-41-101(91)110(80-56-47-72(48-57-80)70-23-5-2-6-24-70)82-60-51-74(52-61-82)85-34-19-40-97-93-30-9-14-44-104(93)112-107(85)97/h1-68H. The number of nitrogens with zero attached hydrogens (tertiary/aromatic N) is 2. The molecular formula is C108H68N2O3. The smallest absolute Gasteiger partial charge is 0.143 e. The molecule has 0 fully saturated rings. The normalized spacial score (nSPS) is 11.7. The Balaban J connectivity index is 0.588. The van der Waals surface area contributed by atoms with Gasteiger partial charge in [-0.05, 0) is 208 Å². The van der Waals surface area contributed by atoms with Gasteiger partial charge in [-0.25, -0.2) is 0 Å². The van der Waals surface area contributed by atoms with Crippen molar-refractivity contribution in [2.75, 3.05) is 9.80 Å². The van der Waals surface area contributed by atoms with Crippen LogP contribution in [0.4, 0.5) is 34.1 Å². The average molecular weight is 1440 g/mol. The predicted octanol–water partition coefficient (Wildman–Crippen LogP) is 31.1. The van der Waals surface area contributed by atoms with Gasteiger partial charge in [0.05, 0.1) is 11.4 Å². The Hall–Kier alpha value is -15.0. The maximum atomic E-state index is 7.15. The molecule has 0 atom stereocenters. The molecule has 0 saturated carbocycles. The van der Waals surface area contributed by atoms with Crippen LogP contribution < -0.4 is 9.80 Å². The zero-order chi connectivity index (χ0) is 74.5. The van der Waals surface area contributed by atoms with Crippen LogP contribution in [0.3, 0.4) is 0 Å². The van der Waals surface area contributed by atoms with E-state index >= 15 is 0 Å². The van der Waals surface area contributed by atoms with E-state index in [1.54, 1.807) is 0 Å². The molecule has 0 unspecified atom stereocenters. The Morgan fingerprint density at radius 3 is 1.10 bits per heavy atom. The number of rotatable bonds is 14. The average Bonchev–Trinajstić information content (AvgIpc) is 1.46. The second-order valence-corrected chi connectivity index (χ2v) is 29.3. The number of furan rings is 3. The molecule has 0 saturated heterocycles. The van der Waals surface area contributed by atoms with Crippen molar-refractivity contribution in [3.05, 3.63) is 413 Å². The van der Waals surface area contributed by atoms with E-state index in [2.05, 4.69) is 404 Å². The number of hydrogen-bond acceptors (Lipinski definition) is 5. The van der Waals surface area contributed by atoms with E-state index in [0.29, 0.717) is 0 Å². The Morgan fingerprint density at radius 2 is 0.496 bits per heavy atom. The summed E-state index contributed by atoms with van der Waals surface area (Å²) in [6.07, 6.45) is 0. The van der Waals surface area contributed by atoms with Gasteiger partial charge in [-0.15, -0.1) is 0 Å². The lowest BCUT2D eigenvalue weighted by molar-refractivity contribution is 0.669. The van der Waals surface area contributed by atoms with Gasteiger partial charge in [0.25, 0.3) is 0 Å². The third kappa shape index (κ3) is 11.2. The molecule has 5 nitrogen and oxygen atoms in total. The van der Waals surface area contributed by atoms with Crippen molar-refractivity contribution in [1.29, 1.82) is 0 Å². The largest absolute Gasteiger partial charge is 0.456 e. The molecule has 113 heavy (non-hydrogen) atoms. The summed E-state index contributed by atoms with van der Waals surface area (Å²) < 4.78 is 20.1. The molecule has 528 valence electrons. The maximum absolute atomic E-state index is 7.15. The number of benzene rings is 19. The molecule has 3 aromatic heterocycles. The van der Waals surface area contributed by atoms with Crippen LogP contribution in [0.15, 0.2) is 426 Å².